The molecule has 106 valence electrons. The van der Waals surface area contributed by atoms with Crippen molar-refractivity contribution in [2.24, 2.45) is 0 Å². The van der Waals surface area contributed by atoms with Crippen molar-refractivity contribution in [2.75, 3.05) is 12.4 Å². The smallest absolute Gasteiger partial charge is 0.339 e. The Bertz CT molecular complexity index is 595. The van der Waals surface area contributed by atoms with Crippen molar-refractivity contribution in [1.29, 1.82) is 0 Å². The van der Waals surface area contributed by atoms with E-state index in [9.17, 15) is 9.59 Å². The molecule has 0 aromatic carbocycles. The fourth-order valence-corrected chi connectivity index (χ4v) is 1.82. The number of carbonyl (C=O) groups is 2. The molecule has 1 aromatic rings. The standard InChI is InChI=1S/C14H18N2O3Si/c1-10(17)16-13-11(6-7-20(3,4)5)8-12(9-15-13)14(18)19-2/h8-9H,1-5H3,(H,15,16,17). The Morgan fingerprint density at radius 1 is 1.35 bits per heavy atom. The van der Waals surface area contributed by atoms with Gasteiger partial charge in [-0.15, -0.1) is 5.54 Å². The summed E-state index contributed by atoms with van der Waals surface area (Å²) in [5, 5.41) is 2.60. The van der Waals surface area contributed by atoms with Crippen molar-refractivity contribution in [3.63, 3.8) is 0 Å². The van der Waals surface area contributed by atoms with Crippen LogP contribution < -0.4 is 5.32 Å². The van der Waals surface area contributed by atoms with Crippen LogP contribution in [0.2, 0.25) is 19.6 Å². The fourth-order valence-electron chi connectivity index (χ4n) is 1.31. The molecule has 0 unspecified atom stereocenters. The quantitative estimate of drug-likeness (QED) is 0.514. The fraction of sp³-hybridized carbons (Fsp3) is 0.357. The van der Waals surface area contributed by atoms with Gasteiger partial charge < -0.3 is 10.1 Å². The lowest BCUT2D eigenvalue weighted by Gasteiger charge is -2.07. The molecule has 0 bridgehead atoms. The monoisotopic (exact) mass is 290 g/mol. The van der Waals surface area contributed by atoms with E-state index in [2.05, 4.69) is 46.1 Å². The van der Waals surface area contributed by atoms with Gasteiger partial charge in [-0.3, -0.25) is 4.79 Å². The lowest BCUT2D eigenvalue weighted by atomic mass is 10.2. The van der Waals surface area contributed by atoms with Crippen LogP contribution in [0.5, 0.6) is 0 Å². The molecule has 0 radical (unpaired) electrons. The number of aromatic nitrogens is 1. The van der Waals surface area contributed by atoms with Crippen LogP contribution in [0.25, 0.3) is 0 Å². The third-order valence-corrected chi connectivity index (χ3v) is 3.05. The first-order valence-electron chi connectivity index (χ1n) is 6.12. The minimum atomic E-state index is -1.57. The summed E-state index contributed by atoms with van der Waals surface area (Å²) in [6, 6.07) is 1.58. The Hall–Kier alpha value is -2.13. The molecule has 0 aliphatic carbocycles. The Morgan fingerprint density at radius 3 is 2.50 bits per heavy atom. The molecule has 1 amide bonds. The van der Waals surface area contributed by atoms with E-state index in [1.807, 2.05) is 0 Å². The van der Waals surface area contributed by atoms with Crippen LogP contribution in [0.15, 0.2) is 12.3 Å². The average molecular weight is 290 g/mol. The normalized spacial score (nSPS) is 10.2. The molecule has 0 aliphatic rings. The van der Waals surface area contributed by atoms with E-state index >= 15 is 0 Å². The number of rotatable bonds is 2. The minimum absolute atomic E-state index is 0.237. The summed E-state index contributed by atoms with van der Waals surface area (Å²) in [4.78, 5) is 26.7. The highest BCUT2D eigenvalue weighted by molar-refractivity contribution is 6.83. The van der Waals surface area contributed by atoms with E-state index in [-0.39, 0.29) is 5.91 Å². The molecule has 1 N–H and O–H groups in total. The number of amides is 1. The third-order valence-electron chi connectivity index (χ3n) is 2.18. The number of hydrogen-bond donors (Lipinski definition) is 1. The van der Waals surface area contributed by atoms with Crippen LogP contribution in [0.4, 0.5) is 5.82 Å². The van der Waals surface area contributed by atoms with Crippen LogP contribution in [-0.2, 0) is 9.53 Å². The lowest BCUT2D eigenvalue weighted by Crippen LogP contribution is -2.17. The summed E-state index contributed by atoms with van der Waals surface area (Å²) in [7, 11) is -0.270. The van der Waals surface area contributed by atoms with E-state index in [1.165, 1.54) is 20.2 Å². The van der Waals surface area contributed by atoms with Gasteiger partial charge in [0.25, 0.3) is 0 Å². The van der Waals surface area contributed by atoms with Gasteiger partial charge in [0.05, 0.1) is 18.2 Å². The van der Waals surface area contributed by atoms with E-state index in [0.29, 0.717) is 16.9 Å². The maximum atomic E-state index is 11.5. The van der Waals surface area contributed by atoms with Gasteiger partial charge in [0.15, 0.2) is 0 Å². The second-order valence-corrected chi connectivity index (χ2v) is 10.0. The van der Waals surface area contributed by atoms with Gasteiger partial charge in [-0.05, 0) is 6.07 Å². The molecule has 0 saturated heterocycles. The first-order chi connectivity index (χ1) is 9.23. The van der Waals surface area contributed by atoms with Crippen molar-refractivity contribution in [2.45, 2.75) is 26.6 Å². The number of ether oxygens (including phenoxy) is 1. The number of methoxy groups -OCH3 is 1. The molecule has 1 aromatic heterocycles. The predicted molar refractivity (Wildman–Crippen MR) is 80.1 cm³/mol. The van der Waals surface area contributed by atoms with E-state index in [4.69, 9.17) is 0 Å². The zero-order valence-electron chi connectivity index (χ0n) is 12.3. The zero-order valence-corrected chi connectivity index (χ0v) is 13.3. The minimum Gasteiger partial charge on any atom is -0.465 e. The molecule has 6 heteroatoms. The number of anilines is 1. The lowest BCUT2D eigenvalue weighted by molar-refractivity contribution is -0.114. The number of pyridine rings is 1. The Kier molecular flexibility index (Phi) is 5.05. The summed E-state index contributed by atoms with van der Waals surface area (Å²) >= 11 is 0. The first kappa shape index (κ1) is 15.9. The van der Waals surface area contributed by atoms with Gasteiger partial charge in [-0.2, -0.15) is 0 Å². The van der Waals surface area contributed by atoms with Crippen LogP contribution in [0, 0.1) is 11.5 Å². The number of nitrogens with zero attached hydrogens (tertiary/aromatic N) is 1. The third kappa shape index (κ3) is 4.86. The second-order valence-electron chi connectivity index (χ2n) is 5.29. The van der Waals surface area contributed by atoms with Gasteiger partial charge in [0.1, 0.15) is 13.9 Å². The number of hydrogen-bond acceptors (Lipinski definition) is 4. The predicted octanol–water partition coefficient (Wildman–Crippen LogP) is 2.06. The summed E-state index contributed by atoms with van der Waals surface area (Å²) in [6.07, 6.45) is 1.36. The molecule has 20 heavy (non-hydrogen) atoms. The maximum absolute atomic E-state index is 11.5. The van der Waals surface area contributed by atoms with Crippen molar-refractivity contribution in [3.8, 4) is 11.5 Å². The molecule has 0 aliphatic heterocycles. The Labute approximate surface area is 119 Å². The van der Waals surface area contributed by atoms with Gasteiger partial charge in [-0.25, -0.2) is 9.78 Å². The zero-order chi connectivity index (χ0) is 15.3. The highest BCUT2D eigenvalue weighted by Crippen LogP contribution is 2.14. The van der Waals surface area contributed by atoms with E-state index in [0.717, 1.165) is 0 Å². The topological polar surface area (TPSA) is 68.3 Å². The molecule has 1 rings (SSSR count). The molecule has 1 heterocycles. The van der Waals surface area contributed by atoms with Gasteiger partial charge in [0, 0.05) is 13.1 Å². The van der Waals surface area contributed by atoms with Crippen LogP contribution >= 0.6 is 0 Å². The van der Waals surface area contributed by atoms with Crippen LogP contribution in [0.3, 0.4) is 0 Å². The number of esters is 1. The highest BCUT2D eigenvalue weighted by atomic mass is 28.3. The molecule has 0 saturated carbocycles. The molecule has 0 atom stereocenters. The van der Waals surface area contributed by atoms with Crippen LogP contribution in [0.1, 0.15) is 22.8 Å². The summed E-state index contributed by atoms with van der Waals surface area (Å²) in [5.74, 6) is 2.64. The molecular weight excluding hydrogens is 272 g/mol. The maximum Gasteiger partial charge on any atom is 0.339 e. The Morgan fingerprint density at radius 2 is 2.00 bits per heavy atom. The number of carbonyl (C=O) groups excluding carboxylic acids is 2. The second kappa shape index (κ2) is 6.35. The SMILES string of the molecule is COC(=O)c1cnc(NC(C)=O)c(C#C[Si](C)(C)C)c1. The highest BCUT2D eigenvalue weighted by Gasteiger charge is 2.12. The Balaban J connectivity index is 3.28. The molecular formula is C14H18N2O3Si. The summed E-state index contributed by atoms with van der Waals surface area (Å²) in [5.41, 5.74) is 4.01. The average Bonchev–Trinajstić information content (AvgIpc) is 2.35. The first-order valence-corrected chi connectivity index (χ1v) is 9.62. The molecule has 0 spiro atoms. The molecule has 0 fully saturated rings. The van der Waals surface area contributed by atoms with Crippen molar-refractivity contribution >= 4 is 25.8 Å². The molecule has 5 nitrogen and oxygen atoms in total. The van der Waals surface area contributed by atoms with Crippen molar-refractivity contribution < 1.29 is 14.3 Å². The number of nitrogens with one attached hydrogen (secondary N) is 1. The van der Waals surface area contributed by atoms with Crippen LogP contribution in [-0.4, -0.2) is 32.0 Å². The summed E-state index contributed by atoms with van der Waals surface area (Å²) < 4.78 is 4.65. The van der Waals surface area contributed by atoms with Gasteiger partial charge in [-0.1, -0.05) is 25.6 Å². The van der Waals surface area contributed by atoms with Gasteiger partial charge >= 0.3 is 5.97 Å². The van der Waals surface area contributed by atoms with Crippen molar-refractivity contribution in [1.82, 2.24) is 4.98 Å². The van der Waals surface area contributed by atoms with E-state index in [1.54, 1.807) is 6.07 Å². The van der Waals surface area contributed by atoms with Crippen molar-refractivity contribution in [3.05, 3.63) is 23.4 Å². The van der Waals surface area contributed by atoms with E-state index < -0.39 is 14.0 Å². The summed E-state index contributed by atoms with van der Waals surface area (Å²) in [6.45, 7) is 7.71. The largest absolute Gasteiger partial charge is 0.465 e. The van der Waals surface area contributed by atoms with Gasteiger partial charge in [0.2, 0.25) is 5.91 Å².